The van der Waals surface area contributed by atoms with E-state index in [2.05, 4.69) is 27.7 Å². The van der Waals surface area contributed by atoms with Crippen LogP contribution in [0, 0.1) is 0 Å². The van der Waals surface area contributed by atoms with Crippen LogP contribution in [-0.4, -0.2) is 22.1 Å². The fraction of sp³-hybridized carbons (Fsp3) is 0.923. The molecule has 1 fully saturated rings. The molecule has 0 radical (unpaired) electrons. The van der Waals surface area contributed by atoms with Crippen LogP contribution in [-0.2, 0) is 9.53 Å². The summed E-state index contributed by atoms with van der Waals surface area (Å²) in [6.45, 7) is 8.48. The average Bonchev–Trinajstić information content (AvgIpc) is 2.65. The Morgan fingerprint density at radius 2 is 1.94 bits per heavy atom. The van der Waals surface area contributed by atoms with Gasteiger partial charge in [-0.3, -0.25) is 4.79 Å². The van der Waals surface area contributed by atoms with Gasteiger partial charge in [-0.05, 0) is 32.1 Å². The van der Waals surface area contributed by atoms with Gasteiger partial charge in [-0.1, -0.05) is 27.7 Å². The van der Waals surface area contributed by atoms with E-state index >= 15 is 0 Å². The molecule has 1 aliphatic rings. The molecule has 94 valence electrons. The van der Waals surface area contributed by atoms with Crippen molar-refractivity contribution in [2.75, 3.05) is 0 Å². The van der Waals surface area contributed by atoms with E-state index in [1.165, 1.54) is 12.8 Å². The Morgan fingerprint density at radius 1 is 1.38 bits per heavy atom. The van der Waals surface area contributed by atoms with Gasteiger partial charge < -0.3 is 4.74 Å². The Morgan fingerprint density at radius 3 is 2.38 bits per heavy atom. The fourth-order valence-electron chi connectivity index (χ4n) is 1.97. The van der Waals surface area contributed by atoms with Gasteiger partial charge in [0.25, 0.3) is 0 Å². The first-order valence-electron chi connectivity index (χ1n) is 6.30. The van der Waals surface area contributed by atoms with Crippen LogP contribution in [0.4, 0.5) is 0 Å². The van der Waals surface area contributed by atoms with Crippen LogP contribution in [0.1, 0.15) is 59.8 Å². The van der Waals surface area contributed by atoms with Crippen LogP contribution in [0.3, 0.4) is 0 Å². The van der Waals surface area contributed by atoms with E-state index in [1.54, 1.807) is 11.8 Å². The van der Waals surface area contributed by atoms with Crippen molar-refractivity contribution in [3.05, 3.63) is 0 Å². The molecule has 0 saturated heterocycles. The van der Waals surface area contributed by atoms with Gasteiger partial charge in [-0.25, -0.2) is 0 Å². The molecule has 0 aromatic carbocycles. The molecule has 0 heterocycles. The highest BCUT2D eigenvalue weighted by atomic mass is 32.2. The monoisotopic (exact) mass is 244 g/mol. The van der Waals surface area contributed by atoms with E-state index < -0.39 is 0 Å². The van der Waals surface area contributed by atoms with Crippen LogP contribution in [0.25, 0.3) is 0 Å². The van der Waals surface area contributed by atoms with Gasteiger partial charge in [0.05, 0.1) is 0 Å². The van der Waals surface area contributed by atoms with Crippen molar-refractivity contribution in [2.45, 2.75) is 75.9 Å². The summed E-state index contributed by atoms with van der Waals surface area (Å²) in [4.78, 5) is 12.0. The second-order valence-electron chi connectivity index (χ2n) is 5.47. The fourth-order valence-corrected chi connectivity index (χ4v) is 3.14. The molecule has 1 atom stereocenters. The third kappa shape index (κ3) is 4.77. The number of hydrogen-bond acceptors (Lipinski definition) is 3. The minimum Gasteiger partial charge on any atom is -0.462 e. The van der Waals surface area contributed by atoms with Crippen molar-refractivity contribution in [2.24, 2.45) is 0 Å². The summed E-state index contributed by atoms with van der Waals surface area (Å²) in [5.41, 5.74) is 0. The first kappa shape index (κ1) is 13.9. The predicted molar refractivity (Wildman–Crippen MR) is 69.8 cm³/mol. The molecule has 0 aromatic rings. The van der Waals surface area contributed by atoms with Crippen molar-refractivity contribution in [3.8, 4) is 0 Å². The smallest absolute Gasteiger partial charge is 0.319 e. The van der Waals surface area contributed by atoms with E-state index in [9.17, 15) is 4.79 Å². The number of carbonyl (C=O) groups is 1. The Kier molecular flexibility index (Phi) is 5.16. The van der Waals surface area contributed by atoms with Gasteiger partial charge in [0.15, 0.2) is 0 Å². The van der Waals surface area contributed by atoms with Crippen molar-refractivity contribution in [1.82, 2.24) is 0 Å². The standard InChI is InChI=1S/C13H24O2S/c1-5-11(16-13(2,3)4)12(14)15-10-8-6-7-9-10/h10-11H,5-9H2,1-4H3. The molecule has 3 heteroatoms. The van der Waals surface area contributed by atoms with E-state index in [1.807, 2.05) is 0 Å². The van der Waals surface area contributed by atoms with Crippen LogP contribution >= 0.6 is 11.8 Å². The summed E-state index contributed by atoms with van der Waals surface area (Å²) in [5, 5.41) is 0.000556. The largest absolute Gasteiger partial charge is 0.462 e. The Hall–Kier alpha value is -0.180. The van der Waals surface area contributed by atoms with Gasteiger partial charge in [0, 0.05) is 4.75 Å². The minimum atomic E-state index is -0.00525. The molecule has 1 saturated carbocycles. The topological polar surface area (TPSA) is 26.3 Å². The Bertz CT molecular complexity index is 227. The quantitative estimate of drug-likeness (QED) is 0.704. The molecular formula is C13H24O2S. The lowest BCUT2D eigenvalue weighted by Gasteiger charge is -2.24. The molecular weight excluding hydrogens is 220 g/mol. The van der Waals surface area contributed by atoms with Crippen LogP contribution in [0.5, 0.6) is 0 Å². The summed E-state index contributed by atoms with van der Waals surface area (Å²) in [6.07, 6.45) is 5.59. The SMILES string of the molecule is CCC(SC(C)(C)C)C(=O)OC1CCCC1. The molecule has 16 heavy (non-hydrogen) atoms. The van der Waals surface area contributed by atoms with Crippen LogP contribution < -0.4 is 0 Å². The van der Waals surface area contributed by atoms with Crippen LogP contribution in [0.15, 0.2) is 0 Å². The lowest BCUT2D eigenvalue weighted by Crippen LogP contribution is -2.28. The molecule has 0 aliphatic heterocycles. The first-order valence-corrected chi connectivity index (χ1v) is 7.18. The molecule has 1 unspecified atom stereocenters. The zero-order chi connectivity index (χ0) is 12.2. The minimum absolute atomic E-state index is 0.000556. The number of hydrogen-bond donors (Lipinski definition) is 0. The summed E-state index contributed by atoms with van der Waals surface area (Å²) in [7, 11) is 0. The van der Waals surface area contributed by atoms with Gasteiger partial charge in [0.1, 0.15) is 11.4 Å². The van der Waals surface area contributed by atoms with Crippen molar-refractivity contribution < 1.29 is 9.53 Å². The summed E-state index contributed by atoms with van der Waals surface area (Å²) < 4.78 is 5.67. The van der Waals surface area contributed by atoms with Crippen LogP contribution in [0.2, 0.25) is 0 Å². The van der Waals surface area contributed by atoms with Crippen molar-refractivity contribution >= 4 is 17.7 Å². The number of esters is 1. The van der Waals surface area contributed by atoms with Gasteiger partial charge >= 0.3 is 5.97 Å². The number of ether oxygens (including phenoxy) is 1. The van der Waals surface area contributed by atoms with E-state index in [4.69, 9.17) is 4.74 Å². The van der Waals surface area contributed by atoms with Crippen molar-refractivity contribution in [1.29, 1.82) is 0 Å². The number of carbonyl (C=O) groups excluding carboxylic acids is 1. The first-order chi connectivity index (χ1) is 7.42. The second-order valence-corrected chi connectivity index (χ2v) is 7.50. The van der Waals surface area contributed by atoms with E-state index in [0.717, 1.165) is 19.3 Å². The summed E-state index contributed by atoms with van der Waals surface area (Å²) >= 11 is 1.72. The lowest BCUT2D eigenvalue weighted by molar-refractivity contribution is -0.148. The normalized spacial score (nSPS) is 19.8. The molecule has 0 bridgehead atoms. The van der Waals surface area contributed by atoms with Crippen molar-refractivity contribution in [3.63, 3.8) is 0 Å². The molecule has 2 nitrogen and oxygen atoms in total. The number of thioether (sulfide) groups is 1. The highest BCUT2D eigenvalue weighted by molar-refractivity contribution is 8.01. The average molecular weight is 244 g/mol. The molecule has 1 rings (SSSR count). The predicted octanol–water partition coefficient (Wildman–Crippen LogP) is 3.78. The maximum absolute atomic E-state index is 12.0. The Labute approximate surface area is 104 Å². The molecule has 0 N–H and O–H groups in total. The van der Waals surface area contributed by atoms with Gasteiger partial charge in [0.2, 0.25) is 0 Å². The van der Waals surface area contributed by atoms with E-state index in [0.29, 0.717) is 0 Å². The zero-order valence-electron chi connectivity index (χ0n) is 10.9. The molecule has 0 amide bonds. The number of rotatable bonds is 4. The second kappa shape index (κ2) is 5.95. The van der Waals surface area contributed by atoms with Gasteiger partial charge in [-0.15, -0.1) is 11.8 Å². The summed E-state index contributed by atoms with van der Waals surface area (Å²) in [6, 6.07) is 0. The molecule has 0 spiro atoms. The van der Waals surface area contributed by atoms with E-state index in [-0.39, 0.29) is 22.1 Å². The Balaban J connectivity index is 2.42. The lowest BCUT2D eigenvalue weighted by atomic mass is 10.2. The maximum atomic E-state index is 12.0. The third-order valence-electron chi connectivity index (χ3n) is 2.71. The van der Waals surface area contributed by atoms with Gasteiger partial charge in [-0.2, -0.15) is 0 Å². The maximum Gasteiger partial charge on any atom is 0.319 e. The molecule has 0 aromatic heterocycles. The highest BCUT2D eigenvalue weighted by Crippen LogP contribution is 2.31. The molecule has 1 aliphatic carbocycles. The summed E-state index contributed by atoms with van der Waals surface area (Å²) in [5.74, 6) is -0.00525. The third-order valence-corrected chi connectivity index (χ3v) is 4.23. The zero-order valence-corrected chi connectivity index (χ0v) is 11.7. The highest BCUT2D eigenvalue weighted by Gasteiger charge is 2.28.